The van der Waals surface area contributed by atoms with Crippen molar-refractivity contribution in [3.05, 3.63) is 36.4 Å². The van der Waals surface area contributed by atoms with Crippen molar-refractivity contribution < 1.29 is 13.2 Å². The highest BCUT2D eigenvalue weighted by Gasteiger charge is 2.22. The van der Waals surface area contributed by atoms with Gasteiger partial charge in [0.2, 0.25) is 15.9 Å². The maximum absolute atomic E-state index is 11.6. The largest absolute Gasteiger partial charge is 0.366 e. The highest BCUT2D eigenvalue weighted by atomic mass is 32.2. The summed E-state index contributed by atoms with van der Waals surface area (Å²) in [5, 5.41) is 5.11. The number of nitrogens with zero attached hydrogens (tertiary/aromatic N) is 3. The Hall–Kier alpha value is -2.39. The third-order valence-corrected chi connectivity index (χ3v) is 3.27. The molecule has 0 aliphatic carbocycles. The van der Waals surface area contributed by atoms with Gasteiger partial charge in [0.1, 0.15) is 12.7 Å². The number of primary amides is 1. The zero-order valence-electron chi connectivity index (χ0n) is 9.52. The van der Waals surface area contributed by atoms with Crippen LogP contribution in [0.15, 0.2) is 35.7 Å². The minimum atomic E-state index is -4.05. The summed E-state index contributed by atoms with van der Waals surface area (Å²) in [6.45, 7) is 0. The fourth-order valence-corrected chi connectivity index (χ4v) is 2.33. The van der Waals surface area contributed by atoms with Crippen molar-refractivity contribution >= 4 is 15.9 Å². The Morgan fingerprint density at radius 1 is 1.16 bits per heavy atom. The lowest BCUT2D eigenvalue weighted by molar-refractivity contribution is 0.100. The number of aromatic nitrogens is 3. The van der Waals surface area contributed by atoms with Crippen molar-refractivity contribution in [2.45, 2.75) is 4.90 Å². The van der Waals surface area contributed by atoms with Crippen LogP contribution in [0.4, 0.5) is 0 Å². The third kappa shape index (κ3) is 2.56. The highest BCUT2D eigenvalue weighted by molar-refractivity contribution is 7.89. The molecule has 1 aromatic carbocycles. The molecule has 19 heavy (non-hydrogen) atoms. The first-order chi connectivity index (χ1) is 8.91. The summed E-state index contributed by atoms with van der Waals surface area (Å²) in [7, 11) is -4.05. The number of carbonyl (C=O) groups is 1. The van der Waals surface area contributed by atoms with Gasteiger partial charge in [-0.05, 0) is 12.1 Å². The van der Waals surface area contributed by atoms with Crippen LogP contribution in [0.3, 0.4) is 0 Å². The highest BCUT2D eigenvalue weighted by Crippen LogP contribution is 2.27. The molecule has 9 heteroatoms. The van der Waals surface area contributed by atoms with Crippen LogP contribution in [0.25, 0.3) is 11.4 Å². The molecule has 1 amide bonds. The van der Waals surface area contributed by atoms with Crippen molar-refractivity contribution in [2.75, 3.05) is 0 Å². The number of hydrogen-bond acceptors (Lipinski definition) is 6. The van der Waals surface area contributed by atoms with Gasteiger partial charge in [-0.2, -0.15) is 0 Å². The van der Waals surface area contributed by atoms with Crippen LogP contribution >= 0.6 is 0 Å². The van der Waals surface area contributed by atoms with Gasteiger partial charge in [-0.25, -0.2) is 28.5 Å². The molecule has 0 aliphatic rings. The molecule has 4 N–H and O–H groups in total. The minimum absolute atomic E-state index is 0.00780. The van der Waals surface area contributed by atoms with Gasteiger partial charge < -0.3 is 5.73 Å². The van der Waals surface area contributed by atoms with Crippen molar-refractivity contribution in [2.24, 2.45) is 10.9 Å². The van der Waals surface area contributed by atoms with E-state index in [1.807, 2.05) is 0 Å². The SMILES string of the molecule is NC(=O)c1cccc(S(N)(=O)=O)c1-c1ncncn1. The second-order valence-electron chi connectivity index (χ2n) is 3.55. The molecular formula is C10H9N5O3S. The molecule has 0 unspecified atom stereocenters. The van der Waals surface area contributed by atoms with Crippen LogP contribution in [-0.2, 0) is 10.0 Å². The van der Waals surface area contributed by atoms with Crippen LogP contribution in [0.1, 0.15) is 10.4 Å². The van der Waals surface area contributed by atoms with Crippen LogP contribution in [0.5, 0.6) is 0 Å². The molecule has 8 nitrogen and oxygen atoms in total. The van der Waals surface area contributed by atoms with Crippen LogP contribution in [-0.4, -0.2) is 29.3 Å². The Balaban J connectivity index is 2.86. The quantitative estimate of drug-likeness (QED) is 0.759. The molecule has 0 fully saturated rings. The summed E-state index contributed by atoms with van der Waals surface area (Å²) in [6.07, 6.45) is 2.35. The van der Waals surface area contributed by atoms with E-state index in [-0.39, 0.29) is 21.8 Å². The first-order valence-corrected chi connectivity index (χ1v) is 6.54. The summed E-state index contributed by atoms with van der Waals surface area (Å²) in [5.41, 5.74) is 5.16. The minimum Gasteiger partial charge on any atom is -0.366 e. The smallest absolute Gasteiger partial charge is 0.249 e. The molecule has 98 valence electrons. The maximum atomic E-state index is 11.6. The molecule has 0 aliphatic heterocycles. The first-order valence-electron chi connectivity index (χ1n) is 4.99. The fraction of sp³-hybridized carbons (Fsp3) is 0. The maximum Gasteiger partial charge on any atom is 0.249 e. The Labute approximate surface area is 108 Å². The van der Waals surface area contributed by atoms with Crippen molar-refractivity contribution in [3.63, 3.8) is 0 Å². The number of sulfonamides is 1. The molecule has 0 saturated heterocycles. The molecule has 0 radical (unpaired) electrons. The average Bonchev–Trinajstić information content (AvgIpc) is 2.37. The number of primary sulfonamides is 1. The van der Waals surface area contributed by atoms with Crippen molar-refractivity contribution in [1.82, 2.24) is 15.0 Å². The predicted molar refractivity (Wildman–Crippen MR) is 65.2 cm³/mol. The number of rotatable bonds is 3. The number of carbonyl (C=O) groups excluding carboxylic acids is 1. The van der Waals surface area contributed by atoms with Gasteiger partial charge in [-0.3, -0.25) is 4.79 Å². The van der Waals surface area contributed by atoms with Gasteiger partial charge in [0.05, 0.1) is 16.0 Å². The summed E-state index contributed by atoms with van der Waals surface area (Å²) >= 11 is 0. The predicted octanol–water partition coefficient (Wildman–Crippen LogP) is -0.715. The topological polar surface area (TPSA) is 142 Å². The van der Waals surface area contributed by atoms with Gasteiger partial charge in [-0.1, -0.05) is 6.07 Å². The average molecular weight is 279 g/mol. The lowest BCUT2D eigenvalue weighted by atomic mass is 10.1. The molecular weight excluding hydrogens is 270 g/mol. The van der Waals surface area contributed by atoms with Gasteiger partial charge in [0, 0.05) is 0 Å². The van der Waals surface area contributed by atoms with Crippen molar-refractivity contribution in [3.8, 4) is 11.4 Å². The zero-order valence-corrected chi connectivity index (χ0v) is 10.3. The normalized spacial score (nSPS) is 11.2. The van der Waals surface area contributed by atoms with E-state index in [4.69, 9.17) is 10.9 Å². The second-order valence-corrected chi connectivity index (χ2v) is 5.08. The Morgan fingerprint density at radius 3 is 2.32 bits per heavy atom. The van der Waals surface area contributed by atoms with E-state index >= 15 is 0 Å². The van der Waals surface area contributed by atoms with Crippen molar-refractivity contribution in [1.29, 1.82) is 0 Å². The molecule has 0 atom stereocenters. The van der Waals surface area contributed by atoms with E-state index in [9.17, 15) is 13.2 Å². The summed E-state index contributed by atoms with van der Waals surface area (Å²) in [6, 6.07) is 3.99. The zero-order chi connectivity index (χ0) is 14.0. The first kappa shape index (κ1) is 13.1. The Bertz CT molecular complexity index is 730. The van der Waals surface area contributed by atoms with E-state index in [1.54, 1.807) is 0 Å². The second kappa shape index (κ2) is 4.71. The van der Waals surface area contributed by atoms with Gasteiger partial charge in [0.25, 0.3) is 0 Å². The number of nitrogens with two attached hydrogens (primary N) is 2. The molecule has 2 aromatic rings. The number of amides is 1. The van der Waals surface area contributed by atoms with Crippen LogP contribution in [0, 0.1) is 0 Å². The fourth-order valence-electron chi connectivity index (χ4n) is 1.57. The Kier molecular flexibility index (Phi) is 3.23. The number of hydrogen-bond donors (Lipinski definition) is 2. The van der Waals surface area contributed by atoms with E-state index in [2.05, 4.69) is 15.0 Å². The van der Waals surface area contributed by atoms with Gasteiger partial charge >= 0.3 is 0 Å². The summed E-state index contributed by atoms with van der Waals surface area (Å²) in [4.78, 5) is 22.4. The summed E-state index contributed by atoms with van der Waals surface area (Å²) in [5.74, 6) is -0.797. The summed E-state index contributed by atoms with van der Waals surface area (Å²) < 4.78 is 23.1. The van der Waals surface area contributed by atoms with Gasteiger partial charge in [0.15, 0.2) is 5.82 Å². The molecule has 0 spiro atoms. The number of benzene rings is 1. The van der Waals surface area contributed by atoms with E-state index in [0.29, 0.717) is 0 Å². The third-order valence-electron chi connectivity index (χ3n) is 2.32. The van der Waals surface area contributed by atoms with Crippen LogP contribution in [0.2, 0.25) is 0 Å². The Morgan fingerprint density at radius 2 is 1.79 bits per heavy atom. The van der Waals surface area contributed by atoms with E-state index in [0.717, 1.165) is 0 Å². The lowest BCUT2D eigenvalue weighted by Crippen LogP contribution is -2.18. The monoisotopic (exact) mass is 279 g/mol. The van der Waals surface area contributed by atoms with Gasteiger partial charge in [-0.15, -0.1) is 0 Å². The molecule has 0 saturated carbocycles. The molecule has 1 aromatic heterocycles. The molecule has 1 heterocycles. The van der Waals surface area contributed by atoms with E-state index in [1.165, 1.54) is 30.9 Å². The molecule has 0 bridgehead atoms. The lowest BCUT2D eigenvalue weighted by Gasteiger charge is -2.09. The van der Waals surface area contributed by atoms with E-state index < -0.39 is 15.9 Å². The molecule has 2 rings (SSSR count). The van der Waals surface area contributed by atoms with Crippen LogP contribution < -0.4 is 10.9 Å². The standard InChI is InChI=1S/C10H9N5O3S/c11-9(16)6-2-1-3-7(19(12,17)18)8(6)10-14-4-13-5-15-10/h1-5H,(H2,11,16)(H2,12,17,18).